The minimum atomic E-state index is -0.314. The number of allylic oxidation sites excluding steroid dienone is 1. The predicted molar refractivity (Wildman–Crippen MR) is 79.4 cm³/mol. The van der Waals surface area contributed by atoms with Gasteiger partial charge in [0.2, 0.25) is 5.91 Å². The molecule has 2 heterocycles. The molecule has 0 aromatic heterocycles. The van der Waals surface area contributed by atoms with Crippen molar-refractivity contribution >= 4 is 23.6 Å². The molecule has 1 atom stereocenters. The lowest BCUT2D eigenvalue weighted by molar-refractivity contribution is -0.144. The van der Waals surface area contributed by atoms with Crippen LogP contribution in [0.25, 0.3) is 0 Å². The molecule has 6 heteroatoms. The number of ether oxygens (including phenoxy) is 1. The maximum absolute atomic E-state index is 12.5. The number of rotatable bonds is 3. The quantitative estimate of drug-likeness (QED) is 0.732. The molecule has 112 valence electrons. The fourth-order valence-electron chi connectivity index (χ4n) is 2.46. The molecule has 0 N–H and O–H groups in total. The first-order valence-electron chi connectivity index (χ1n) is 7.07. The van der Waals surface area contributed by atoms with Gasteiger partial charge in [0.25, 0.3) is 5.91 Å². The number of carbonyl (C=O) groups is 2. The van der Waals surface area contributed by atoms with Crippen molar-refractivity contribution < 1.29 is 14.3 Å². The Bertz CT molecular complexity index is 405. The second-order valence-electron chi connectivity index (χ2n) is 5.02. The van der Waals surface area contributed by atoms with Gasteiger partial charge in [0, 0.05) is 24.4 Å². The van der Waals surface area contributed by atoms with Crippen LogP contribution in [0.1, 0.15) is 20.3 Å². The van der Waals surface area contributed by atoms with Crippen molar-refractivity contribution in [1.29, 1.82) is 0 Å². The summed E-state index contributed by atoms with van der Waals surface area (Å²) in [5.74, 6) is 1.36. The monoisotopic (exact) mass is 298 g/mol. The Morgan fingerprint density at radius 3 is 2.70 bits per heavy atom. The summed E-state index contributed by atoms with van der Waals surface area (Å²) in [6, 6.07) is -0.314. The third kappa shape index (κ3) is 3.35. The normalized spacial score (nSPS) is 24.1. The van der Waals surface area contributed by atoms with Crippen molar-refractivity contribution in [2.24, 2.45) is 0 Å². The molecule has 20 heavy (non-hydrogen) atoms. The summed E-state index contributed by atoms with van der Waals surface area (Å²) >= 11 is 1.65. The van der Waals surface area contributed by atoms with Gasteiger partial charge in [0.1, 0.15) is 6.04 Å². The van der Waals surface area contributed by atoms with Crippen molar-refractivity contribution in [1.82, 2.24) is 9.80 Å². The van der Waals surface area contributed by atoms with Crippen LogP contribution in [0, 0.1) is 0 Å². The largest absolute Gasteiger partial charge is 0.378 e. The van der Waals surface area contributed by atoms with Gasteiger partial charge >= 0.3 is 0 Å². The Morgan fingerprint density at radius 2 is 2.05 bits per heavy atom. The van der Waals surface area contributed by atoms with Gasteiger partial charge < -0.3 is 14.5 Å². The van der Waals surface area contributed by atoms with E-state index in [2.05, 4.69) is 0 Å². The van der Waals surface area contributed by atoms with E-state index in [9.17, 15) is 9.59 Å². The number of morpholine rings is 1. The molecule has 2 saturated heterocycles. The minimum absolute atomic E-state index is 0.0107. The zero-order valence-corrected chi connectivity index (χ0v) is 12.9. The van der Waals surface area contributed by atoms with Crippen molar-refractivity contribution in [3.8, 4) is 0 Å². The van der Waals surface area contributed by atoms with E-state index in [1.54, 1.807) is 16.7 Å². The number of carbonyl (C=O) groups excluding carboxylic acids is 2. The van der Waals surface area contributed by atoms with Gasteiger partial charge in [-0.15, -0.1) is 11.8 Å². The molecule has 0 aromatic carbocycles. The average molecular weight is 298 g/mol. The molecule has 0 bridgehead atoms. The number of nitrogens with zero attached hydrogens (tertiary/aromatic N) is 2. The Labute approximate surface area is 124 Å². The summed E-state index contributed by atoms with van der Waals surface area (Å²) in [5.41, 5.74) is 0.731. The summed E-state index contributed by atoms with van der Waals surface area (Å²) in [6.45, 7) is 6.28. The van der Waals surface area contributed by atoms with Crippen molar-refractivity contribution in [3.63, 3.8) is 0 Å². The lowest BCUT2D eigenvalue weighted by atomic mass is 10.1. The lowest BCUT2D eigenvalue weighted by Crippen LogP contribution is -2.52. The van der Waals surface area contributed by atoms with E-state index in [1.807, 2.05) is 24.8 Å². The molecule has 5 nitrogen and oxygen atoms in total. The van der Waals surface area contributed by atoms with E-state index in [4.69, 9.17) is 4.74 Å². The zero-order valence-electron chi connectivity index (χ0n) is 12.1. The van der Waals surface area contributed by atoms with Crippen LogP contribution in [0.3, 0.4) is 0 Å². The first-order chi connectivity index (χ1) is 9.65. The maximum atomic E-state index is 12.5. The van der Waals surface area contributed by atoms with E-state index in [-0.39, 0.29) is 17.9 Å². The van der Waals surface area contributed by atoms with Crippen molar-refractivity contribution in [2.75, 3.05) is 37.9 Å². The summed E-state index contributed by atoms with van der Waals surface area (Å²) in [7, 11) is 0. The summed E-state index contributed by atoms with van der Waals surface area (Å²) < 4.78 is 5.27. The maximum Gasteiger partial charge on any atom is 0.250 e. The number of hydrogen-bond donors (Lipinski definition) is 0. The Hall–Kier alpha value is -1.01. The van der Waals surface area contributed by atoms with E-state index in [0.29, 0.717) is 37.9 Å². The molecule has 1 unspecified atom stereocenters. The Morgan fingerprint density at radius 1 is 1.35 bits per heavy atom. The summed E-state index contributed by atoms with van der Waals surface area (Å²) in [6.07, 6.45) is 2.75. The molecule has 2 fully saturated rings. The van der Waals surface area contributed by atoms with Gasteiger partial charge in [0.05, 0.1) is 19.1 Å². The van der Waals surface area contributed by atoms with Gasteiger partial charge in [0.15, 0.2) is 0 Å². The van der Waals surface area contributed by atoms with Crippen LogP contribution in [0.15, 0.2) is 11.6 Å². The molecule has 0 saturated carbocycles. The van der Waals surface area contributed by atoms with Crippen LogP contribution in [0.2, 0.25) is 0 Å². The number of amides is 2. The molecule has 2 rings (SSSR count). The highest BCUT2D eigenvalue weighted by Crippen LogP contribution is 2.24. The molecule has 0 radical (unpaired) electrons. The van der Waals surface area contributed by atoms with Crippen LogP contribution in [-0.4, -0.2) is 65.6 Å². The second kappa shape index (κ2) is 7.13. The van der Waals surface area contributed by atoms with Gasteiger partial charge in [-0.1, -0.05) is 13.0 Å². The molecule has 2 amide bonds. The van der Waals surface area contributed by atoms with Gasteiger partial charge in [-0.3, -0.25) is 9.59 Å². The van der Waals surface area contributed by atoms with Crippen LogP contribution >= 0.6 is 11.8 Å². The zero-order chi connectivity index (χ0) is 14.5. The first kappa shape index (κ1) is 15.4. The smallest absolute Gasteiger partial charge is 0.250 e. The third-order valence-electron chi connectivity index (χ3n) is 3.60. The lowest BCUT2D eigenvalue weighted by Gasteiger charge is -2.32. The van der Waals surface area contributed by atoms with E-state index < -0.39 is 0 Å². The van der Waals surface area contributed by atoms with Crippen LogP contribution in [0.5, 0.6) is 0 Å². The van der Waals surface area contributed by atoms with Crippen LogP contribution in [-0.2, 0) is 14.3 Å². The van der Waals surface area contributed by atoms with Gasteiger partial charge in [-0.2, -0.15) is 0 Å². The fraction of sp³-hybridized carbons (Fsp3) is 0.714. The molecule has 2 aliphatic rings. The number of hydrogen-bond acceptors (Lipinski definition) is 4. The molecule has 2 aliphatic heterocycles. The average Bonchev–Trinajstić information content (AvgIpc) is 2.96. The fourth-order valence-corrected chi connectivity index (χ4v) is 3.61. The third-order valence-corrected chi connectivity index (χ3v) is 4.61. The SMILES string of the molecule is CC/C=C(\C)C(=O)N1CSCC1C(=O)N1CCOCC1. The van der Waals surface area contributed by atoms with Gasteiger partial charge in [-0.25, -0.2) is 0 Å². The van der Waals surface area contributed by atoms with Crippen LogP contribution < -0.4 is 0 Å². The summed E-state index contributed by atoms with van der Waals surface area (Å²) in [4.78, 5) is 28.5. The molecular weight excluding hydrogens is 276 g/mol. The van der Waals surface area contributed by atoms with Crippen molar-refractivity contribution in [3.05, 3.63) is 11.6 Å². The highest BCUT2D eigenvalue weighted by Gasteiger charge is 2.37. The van der Waals surface area contributed by atoms with Crippen LogP contribution in [0.4, 0.5) is 0 Å². The molecule has 0 spiro atoms. The Kier molecular flexibility index (Phi) is 5.48. The molecular formula is C14H22N2O3S. The molecule has 0 aliphatic carbocycles. The highest BCUT2D eigenvalue weighted by molar-refractivity contribution is 7.99. The van der Waals surface area contributed by atoms with Gasteiger partial charge in [-0.05, 0) is 13.3 Å². The second-order valence-corrected chi connectivity index (χ2v) is 6.02. The Balaban J connectivity index is 2.04. The standard InChI is InChI=1S/C14H22N2O3S/c1-3-4-11(2)13(17)16-10-20-9-12(16)14(18)15-5-7-19-8-6-15/h4,12H,3,5-10H2,1-2H3/b11-4+. The highest BCUT2D eigenvalue weighted by atomic mass is 32.2. The van der Waals surface area contributed by atoms with Crippen molar-refractivity contribution in [2.45, 2.75) is 26.3 Å². The number of thioether (sulfide) groups is 1. The topological polar surface area (TPSA) is 49.9 Å². The first-order valence-corrected chi connectivity index (χ1v) is 8.22. The molecule has 0 aromatic rings. The van der Waals surface area contributed by atoms with E-state index in [0.717, 1.165) is 12.0 Å². The summed E-state index contributed by atoms with van der Waals surface area (Å²) in [5, 5.41) is 0. The van der Waals surface area contributed by atoms with E-state index >= 15 is 0 Å². The minimum Gasteiger partial charge on any atom is -0.378 e. The van der Waals surface area contributed by atoms with E-state index in [1.165, 1.54) is 0 Å². The predicted octanol–water partition coefficient (Wildman–Crippen LogP) is 1.10.